The van der Waals surface area contributed by atoms with Crippen LogP contribution in [0.2, 0.25) is 0 Å². The average Bonchev–Trinajstić information content (AvgIpc) is 3.80. The van der Waals surface area contributed by atoms with Crippen LogP contribution in [-0.2, 0) is 0 Å². The number of hydrogen-bond donors (Lipinski definition) is 0. The summed E-state index contributed by atoms with van der Waals surface area (Å²) in [7, 11) is 0. The summed E-state index contributed by atoms with van der Waals surface area (Å²) in [6.45, 7) is 4.57. The maximum Gasteiger partial charge on any atom is 0.0743 e. The molecule has 0 amide bonds. The van der Waals surface area contributed by atoms with Crippen LogP contribution in [-0.4, -0.2) is 4.98 Å². The predicted octanol–water partition coefficient (Wildman–Crippen LogP) is 12.3. The minimum Gasteiger partial charge on any atom is -0.256 e. The topological polar surface area (TPSA) is 12.9 Å². The van der Waals surface area contributed by atoms with Gasteiger partial charge in [0, 0.05) is 11.6 Å². The summed E-state index contributed by atoms with van der Waals surface area (Å²) in [6, 6.07) is 48.3. The van der Waals surface area contributed by atoms with Crippen LogP contribution in [0, 0.1) is 17.3 Å². The zero-order valence-corrected chi connectivity index (χ0v) is 27.1. The minimum atomic E-state index is 0.189. The van der Waals surface area contributed by atoms with Crippen molar-refractivity contribution in [1.82, 2.24) is 4.98 Å². The first-order valence-electron chi connectivity index (χ1n) is 16.9. The van der Waals surface area contributed by atoms with Gasteiger partial charge in [0.2, 0.25) is 0 Å². The Hall–Kier alpha value is -5.27. The number of nitrogens with zero attached hydrogens (tertiary/aromatic N) is 1. The highest BCUT2D eigenvalue weighted by molar-refractivity contribution is 5.97. The second kappa shape index (κ2) is 12.2. The van der Waals surface area contributed by atoms with Crippen molar-refractivity contribution in [3.8, 4) is 33.4 Å². The summed E-state index contributed by atoms with van der Waals surface area (Å²) in [5.74, 6) is 1.06. The standard InChI is InChI=1S/C46H39N/c1-3-24-46(31-32(46)2)44-22-21-38(30-43(44)45-42-20-11-10-17-35(42)23-25-47-45)36-18-12-19-37(26-36)41-28-39(33-13-6-4-7-14-33)27-40(29-41)34-15-8-5-9-16-34/h3-21,23-30,32,44H,22,31H2,1-2H3. The molecular weight excluding hydrogens is 567 g/mol. The number of fused-ring (bicyclic) bond motifs is 1. The summed E-state index contributed by atoms with van der Waals surface area (Å²) < 4.78 is 0. The van der Waals surface area contributed by atoms with Crippen LogP contribution in [0.5, 0.6) is 0 Å². The fourth-order valence-electron chi connectivity index (χ4n) is 7.88. The lowest BCUT2D eigenvalue weighted by Crippen LogP contribution is -2.20. The number of rotatable bonds is 7. The van der Waals surface area contributed by atoms with Crippen LogP contribution >= 0.6 is 0 Å². The van der Waals surface area contributed by atoms with Crippen LogP contribution in [0.25, 0.3) is 55.3 Å². The molecule has 1 saturated carbocycles. The highest BCUT2D eigenvalue weighted by Gasteiger charge is 2.55. The Balaban J connectivity index is 1.24. The van der Waals surface area contributed by atoms with Crippen molar-refractivity contribution in [2.75, 3.05) is 0 Å². The first kappa shape index (κ1) is 29.2. The van der Waals surface area contributed by atoms with E-state index >= 15 is 0 Å². The first-order chi connectivity index (χ1) is 23.1. The van der Waals surface area contributed by atoms with Gasteiger partial charge in [-0.2, -0.15) is 0 Å². The Bertz CT molecular complexity index is 2110. The fourth-order valence-corrected chi connectivity index (χ4v) is 7.88. The number of benzene rings is 5. The quantitative estimate of drug-likeness (QED) is 0.165. The summed E-state index contributed by atoms with van der Waals surface area (Å²) >= 11 is 0. The van der Waals surface area contributed by atoms with Gasteiger partial charge in [0.1, 0.15) is 0 Å². The normalized spacial score (nSPS) is 20.6. The summed E-state index contributed by atoms with van der Waals surface area (Å²) in [6.07, 6.45) is 13.9. The van der Waals surface area contributed by atoms with Crippen molar-refractivity contribution >= 4 is 21.9 Å². The van der Waals surface area contributed by atoms with Gasteiger partial charge in [0.15, 0.2) is 0 Å². The third-order valence-electron chi connectivity index (χ3n) is 10.4. The molecular formula is C46H39N. The first-order valence-corrected chi connectivity index (χ1v) is 16.9. The molecule has 0 N–H and O–H groups in total. The van der Waals surface area contributed by atoms with Crippen molar-refractivity contribution < 1.29 is 0 Å². The molecule has 0 saturated heterocycles. The van der Waals surface area contributed by atoms with Gasteiger partial charge in [0.05, 0.1) is 5.69 Å². The average molecular weight is 606 g/mol. The number of hydrogen-bond acceptors (Lipinski definition) is 1. The third kappa shape index (κ3) is 5.47. The zero-order valence-electron chi connectivity index (χ0n) is 27.1. The molecule has 1 aromatic heterocycles. The number of allylic oxidation sites excluding steroid dienone is 6. The Morgan fingerprint density at radius 1 is 0.638 bits per heavy atom. The van der Waals surface area contributed by atoms with Crippen LogP contribution < -0.4 is 0 Å². The van der Waals surface area contributed by atoms with Gasteiger partial charge < -0.3 is 0 Å². The molecule has 3 atom stereocenters. The molecule has 3 unspecified atom stereocenters. The van der Waals surface area contributed by atoms with Gasteiger partial charge in [-0.05, 0) is 129 Å². The van der Waals surface area contributed by atoms with Crippen LogP contribution in [0.1, 0.15) is 37.9 Å². The van der Waals surface area contributed by atoms with E-state index in [2.05, 4.69) is 172 Å². The predicted molar refractivity (Wildman–Crippen MR) is 200 cm³/mol. The molecule has 5 aromatic carbocycles. The van der Waals surface area contributed by atoms with Gasteiger partial charge in [-0.1, -0.05) is 128 Å². The lowest BCUT2D eigenvalue weighted by atomic mass is 9.73. The second-order valence-corrected chi connectivity index (χ2v) is 13.3. The van der Waals surface area contributed by atoms with E-state index in [9.17, 15) is 0 Å². The van der Waals surface area contributed by atoms with Gasteiger partial charge in [-0.3, -0.25) is 4.98 Å². The smallest absolute Gasteiger partial charge is 0.0743 e. The lowest BCUT2D eigenvalue weighted by Gasteiger charge is -2.31. The minimum absolute atomic E-state index is 0.189. The number of aromatic nitrogens is 1. The van der Waals surface area contributed by atoms with Crippen molar-refractivity contribution in [2.24, 2.45) is 17.3 Å². The summed E-state index contributed by atoms with van der Waals surface area (Å²) in [5, 5.41) is 2.48. The molecule has 0 aliphatic heterocycles. The van der Waals surface area contributed by atoms with Gasteiger partial charge in [-0.25, -0.2) is 0 Å². The van der Waals surface area contributed by atoms with E-state index in [0.29, 0.717) is 11.8 Å². The second-order valence-electron chi connectivity index (χ2n) is 13.3. The molecule has 6 aromatic rings. The van der Waals surface area contributed by atoms with Gasteiger partial charge >= 0.3 is 0 Å². The Kier molecular flexibility index (Phi) is 7.54. The highest BCUT2D eigenvalue weighted by atomic mass is 14.7. The molecule has 1 fully saturated rings. The van der Waals surface area contributed by atoms with E-state index in [1.165, 1.54) is 67.3 Å². The van der Waals surface area contributed by atoms with E-state index in [-0.39, 0.29) is 5.41 Å². The Morgan fingerprint density at radius 3 is 1.87 bits per heavy atom. The van der Waals surface area contributed by atoms with Gasteiger partial charge in [0.25, 0.3) is 0 Å². The van der Waals surface area contributed by atoms with E-state index < -0.39 is 0 Å². The van der Waals surface area contributed by atoms with Crippen LogP contribution in [0.15, 0.2) is 164 Å². The van der Waals surface area contributed by atoms with E-state index in [1.54, 1.807) is 0 Å². The molecule has 47 heavy (non-hydrogen) atoms. The maximum atomic E-state index is 5.06. The van der Waals surface area contributed by atoms with Crippen molar-refractivity contribution in [1.29, 1.82) is 0 Å². The van der Waals surface area contributed by atoms with Crippen LogP contribution in [0.3, 0.4) is 0 Å². The largest absolute Gasteiger partial charge is 0.256 e. The summed E-state index contributed by atoms with van der Waals surface area (Å²) in [4.78, 5) is 5.06. The Morgan fingerprint density at radius 2 is 1.21 bits per heavy atom. The maximum absolute atomic E-state index is 5.06. The molecule has 2 aliphatic carbocycles. The molecule has 1 nitrogen and oxygen atoms in total. The molecule has 2 aliphatic rings. The van der Waals surface area contributed by atoms with Gasteiger partial charge in [-0.15, -0.1) is 0 Å². The van der Waals surface area contributed by atoms with Crippen molar-refractivity contribution in [3.63, 3.8) is 0 Å². The molecule has 0 bridgehead atoms. The number of pyridine rings is 1. The SMILES string of the molecule is CC=CC1(C2CC=C(c3cccc(-c4cc(-c5ccccc5)cc(-c5ccccc5)c4)c3)C=C2c2nccc3ccccc23)CC1C. The summed E-state index contributed by atoms with van der Waals surface area (Å²) in [5.41, 5.74) is 12.5. The molecule has 0 radical (unpaired) electrons. The molecule has 228 valence electrons. The zero-order chi connectivity index (χ0) is 31.8. The van der Waals surface area contributed by atoms with E-state index in [4.69, 9.17) is 4.98 Å². The molecule has 1 heteroatoms. The van der Waals surface area contributed by atoms with Crippen molar-refractivity contribution in [3.05, 3.63) is 175 Å². The lowest BCUT2D eigenvalue weighted by molar-refractivity contribution is 0.438. The Labute approximate surface area is 278 Å². The van der Waals surface area contributed by atoms with Crippen LogP contribution in [0.4, 0.5) is 0 Å². The molecule has 8 rings (SSSR count). The third-order valence-corrected chi connectivity index (χ3v) is 10.4. The highest BCUT2D eigenvalue weighted by Crippen LogP contribution is 2.64. The molecule has 0 spiro atoms. The van der Waals surface area contributed by atoms with E-state index in [1.807, 2.05) is 6.20 Å². The molecule has 1 heterocycles. The van der Waals surface area contributed by atoms with E-state index in [0.717, 1.165) is 12.1 Å². The monoisotopic (exact) mass is 605 g/mol. The fraction of sp³-hybridized carbons (Fsp3) is 0.152. The van der Waals surface area contributed by atoms with Crippen molar-refractivity contribution in [2.45, 2.75) is 26.7 Å².